The third kappa shape index (κ3) is 2.65. The van der Waals surface area contributed by atoms with Crippen molar-refractivity contribution in [3.8, 4) is 5.75 Å². The number of halogens is 1. The summed E-state index contributed by atoms with van der Waals surface area (Å²) in [5.41, 5.74) is 0.776. The van der Waals surface area contributed by atoms with E-state index in [1.165, 1.54) is 18.6 Å². The number of hydrogen-bond acceptors (Lipinski definition) is 2. The normalized spacial score (nSPS) is 16.0. The predicted molar refractivity (Wildman–Crippen MR) is 63.4 cm³/mol. The Hall–Kier alpha value is -1.25. The molecule has 0 unspecified atom stereocenters. The third-order valence-electron chi connectivity index (χ3n) is 2.77. The Morgan fingerprint density at radius 2 is 2.12 bits per heavy atom. The lowest BCUT2D eigenvalue weighted by Gasteiger charge is -2.28. The highest BCUT2D eigenvalue weighted by atomic mass is 19.1. The summed E-state index contributed by atoms with van der Waals surface area (Å²) in [6.07, 6.45) is 3.69. The second-order valence-corrected chi connectivity index (χ2v) is 4.58. The molecule has 0 aromatic heterocycles. The van der Waals surface area contributed by atoms with E-state index in [9.17, 15) is 4.39 Å². The number of benzene rings is 1. The Bertz CT molecular complexity index is 361. The first kappa shape index (κ1) is 11.2. The van der Waals surface area contributed by atoms with Gasteiger partial charge in [0, 0.05) is 12.1 Å². The average molecular weight is 223 g/mol. The summed E-state index contributed by atoms with van der Waals surface area (Å²) in [6, 6.07) is 5.12. The van der Waals surface area contributed by atoms with E-state index in [2.05, 4.69) is 5.32 Å². The minimum absolute atomic E-state index is 0.104. The van der Waals surface area contributed by atoms with E-state index in [0.29, 0.717) is 6.04 Å². The largest absolute Gasteiger partial charge is 0.489 e. The highest BCUT2D eigenvalue weighted by Gasteiger charge is 2.19. The number of hydrogen-bond donors (Lipinski definition) is 1. The molecule has 0 amide bonds. The molecule has 1 N–H and O–H groups in total. The van der Waals surface area contributed by atoms with Crippen LogP contribution < -0.4 is 10.1 Å². The molecule has 88 valence electrons. The van der Waals surface area contributed by atoms with Crippen LogP contribution >= 0.6 is 0 Å². The van der Waals surface area contributed by atoms with Gasteiger partial charge in [0.2, 0.25) is 0 Å². The Kier molecular flexibility index (Phi) is 3.32. The number of rotatable bonds is 4. The minimum Gasteiger partial charge on any atom is -0.489 e. The van der Waals surface area contributed by atoms with E-state index in [1.807, 2.05) is 13.8 Å². The smallest absolute Gasteiger partial charge is 0.142 e. The topological polar surface area (TPSA) is 21.3 Å². The van der Waals surface area contributed by atoms with Gasteiger partial charge in [-0.15, -0.1) is 0 Å². The van der Waals surface area contributed by atoms with Crippen molar-refractivity contribution in [1.29, 1.82) is 0 Å². The molecular weight excluding hydrogens is 205 g/mol. The van der Waals surface area contributed by atoms with Crippen molar-refractivity contribution in [3.05, 3.63) is 24.0 Å². The Balaban J connectivity index is 2.14. The van der Waals surface area contributed by atoms with Gasteiger partial charge in [0.15, 0.2) is 0 Å². The first-order valence-electron chi connectivity index (χ1n) is 5.88. The lowest BCUT2D eigenvalue weighted by molar-refractivity contribution is 0.243. The fraction of sp³-hybridized carbons (Fsp3) is 0.538. The van der Waals surface area contributed by atoms with Gasteiger partial charge in [-0.25, -0.2) is 4.39 Å². The van der Waals surface area contributed by atoms with Gasteiger partial charge in [-0.05, 0) is 45.2 Å². The van der Waals surface area contributed by atoms with Crippen LogP contribution in [0.25, 0.3) is 0 Å². The Labute approximate surface area is 95.8 Å². The van der Waals surface area contributed by atoms with Gasteiger partial charge in [-0.2, -0.15) is 0 Å². The second-order valence-electron chi connectivity index (χ2n) is 4.58. The fourth-order valence-electron chi connectivity index (χ4n) is 1.74. The summed E-state index contributed by atoms with van der Waals surface area (Å²) in [7, 11) is 0. The van der Waals surface area contributed by atoms with Gasteiger partial charge < -0.3 is 10.1 Å². The number of ether oxygens (including phenoxy) is 1. The number of nitrogens with one attached hydrogen (secondary N) is 1. The van der Waals surface area contributed by atoms with Crippen molar-refractivity contribution in [2.24, 2.45) is 0 Å². The molecule has 0 spiro atoms. The molecule has 1 saturated carbocycles. The van der Waals surface area contributed by atoms with Crippen LogP contribution in [-0.4, -0.2) is 12.1 Å². The molecule has 0 saturated heterocycles. The van der Waals surface area contributed by atoms with Gasteiger partial charge in [-0.3, -0.25) is 0 Å². The molecule has 1 aliphatic carbocycles. The molecule has 1 aliphatic rings. The third-order valence-corrected chi connectivity index (χ3v) is 2.77. The summed E-state index contributed by atoms with van der Waals surface area (Å²) in [4.78, 5) is 0. The summed E-state index contributed by atoms with van der Waals surface area (Å²) in [5, 5.41) is 3.33. The highest BCUT2D eigenvalue weighted by Crippen LogP contribution is 2.30. The maximum absolute atomic E-state index is 13.2. The summed E-state index contributed by atoms with van der Waals surface area (Å²) in [5.74, 6) is 0.515. The Morgan fingerprint density at radius 1 is 1.38 bits per heavy atom. The van der Waals surface area contributed by atoms with E-state index >= 15 is 0 Å². The van der Waals surface area contributed by atoms with Crippen molar-refractivity contribution in [1.82, 2.24) is 0 Å². The van der Waals surface area contributed by atoms with Gasteiger partial charge in [-0.1, -0.05) is 0 Å². The van der Waals surface area contributed by atoms with Crippen molar-refractivity contribution in [2.45, 2.75) is 45.3 Å². The molecule has 2 nitrogen and oxygen atoms in total. The maximum atomic E-state index is 13.2. The molecule has 3 heteroatoms. The van der Waals surface area contributed by atoms with E-state index in [0.717, 1.165) is 24.3 Å². The monoisotopic (exact) mass is 223 g/mol. The highest BCUT2D eigenvalue weighted by molar-refractivity contribution is 5.57. The lowest BCUT2D eigenvalue weighted by atomic mass is 9.93. The first-order valence-corrected chi connectivity index (χ1v) is 5.88. The van der Waals surface area contributed by atoms with Crippen LogP contribution in [0.2, 0.25) is 0 Å². The average Bonchev–Trinajstić information content (AvgIpc) is 2.15. The fourth-order valence-corrected chi connectivity index (χ4v) is 1.74. The van der Waals surface area contributed by atoms with Gasteiger partial charge >= 0.3 is 0 Å². The second kappa shape index (κ2) is 4.73. The standard InChI is InChI=1S/C13H18FNO/c1-9(2)16-13-7-6-10(14)8-12(13)15-11-4-3-5-11/h6-9,11,15H,3-5H2,1-2H3. The number of anilines is 1. The van der Waals surface area contributed by atoms with Crippen molar-refractivity contribution in [2.75, 3.05) is 5.32 Å². The van der Waals surface area contributed by atoms with Crippen molar-refractivity contribution >= 4 is 5.69 Å². The van der Waals surface area contributed by atoms with E-state index < -0.39 is 0 Å². The van der Waals surface area contributed by atoms with Crippen molar-refractivity contribution < 1.29 is 9.13 Å². The molecule has 0 heterocycles. The molecule has 0 aliphatic heterocycles. The quantitative estimate of drug-likeness (QED) is 0.842. The SMILES string of the molecule is CC(C)Oc1ccc(F)cc1NC1CCC1. The summed E-state index contributed by atoms with van der Waals surface area (Å²) >= 11 is 0. The van der Waals surface area contributed by atoms with Crippen LogP contribution in [0.15, 0.2) is 18.2 Å². The van der Waals surface area contributed by atoms with E-state index in [1.54, 1.807) is 6.07 Å². The van der Waals surface area contributed by atoms with Crippen LogP contribution in [0.4, 0.5) is 10.1 Å². The van der Waals surface area contributed by atoms with Crippen LogP contribution in [0, 0.1) is 5.82 Å². The minimum atomic E-state index is -0.224. The first-order chi connectivity index (χ1) is 7.65. The van der Waals surface area contributed by atoms with Gasteiger partial charge in [0.1, 0.15) is 11.6 Å². The molecule has 0 atom stereocenters. The Morgan fingerprint density at radius 3 is 2.69 bits per heavy atom. The van der Waals surface area contributed by atoms with E-state index in [-0.39, 0.29) is 11.9 Å². The van der Waals surface area contributed by atoms with E-state index in [4.69, 9.17) is 4.74 Å². The van der Waals surface area contributed by atoms with Crippen LogP contribution in [0.1, 0.15) is 33.1 Å². The zero-order chi connectivity index (χ0) is 11.5. The molecule has 1 aromatic rings. The van der Waals surface area contributed by atoms with Crippen LogP contribution in [0.5, 0.6) is 5.75 Å². The van der Waals surface area contributed by atoms with Crippen LogP contribution in [-0.2, 0) is 0 Å². The maximum Gasteiger partial charge on any atom is 0.142 e. The summed E-state index contributed by atoms with van der Waals surface area (Å²) in [6.45, 7) is 3.94. The lowest BCUT2D eigenvalue weighted by Crippen LogP contribution is -2.27. The zero-order valence-electron chi connectivity index (χ0n) is 9.79. The zero-order valence-corrected chi connectivity index (χ0v) is 9.79. The van der Waals surface area contributed by atoms with Gasteiger partial charge in [0.05, 0.1) is 11.8 Å². The molecule has 0 radical (unpaired) electrons. The summed E-state index contributed by atoms with van der Waals surface area (Å²) < 4.78 is 18.8. The van der Waals surface area contributed by atoms with Crippen molar-refractivity contribution in [3.63, 3.8) is 0 Å². The predicted octanol–water partition coefficient (Wildman–Crippen LogP) is 3.58. The van der Waals surface area contributed by atoms with Crippen LogP contribution in [0.3, 0.4) is 0 Å². The molecule has 1 aromatic carbocycles. The molecule has 1 fully saturated rings. The molecular formula is C13H18FNO. The molecule has 2 rings (SSSR count). The van der Waals surface area contributed by atoms with Gasteiger partial charge in [0.25, 0.3) is 0 Å². The molecule has 0 bridgehead atoms. The molecule has 16 heavy (non-hydrogen) atoms.